The van der Waals surface area contributed by atoms with Crippen molar-refractivity contribution in [1.82, 2.24) is 0 Å². The van der Waals surface area contributed by atoms with Gasteiger partial charge in [0.25, 0.3) is 0 Å². The maximum atomic E-state index is 12.9. The zero-order valence-corrected chi connectivity index (χ0v) is 8.47. The lowest BCUT2D eigenvalue weighted by molar-refractivity contribution is 0.205. The minimum atomic E-state index is -0.256. The van der Waals surface area contributed by atoms with E-state index in [-0.39, 0.29) is 11.9 Å². The largest absolute Gasteiger partial charge is 0.486 e. The summed E-state index contributed by atoms with van der Waals surface area (Å²) in [7, 11) is 0. The molecule has 80 valence electrons. The van der Waals surface area contributed by atoms with Crippen LogP contribution in [-0.2, 0) is 6.42 Å². The average molecular weight is 210 g/mol. The van der Waals surface area contributed by atoms with Crippen molar-refractivity contribution in [3.8, 4) is 5.75 Å². The Morgan fingerprint density at radius 3 is 3.07 bits per heavy atom. The third-order valence-corrected chi connectivity index (χ3v) is 2.65. The first-order chi connectivity index (χ1) is 7.20. The Morgan fingerprint density at radius 1 is 1.53 bits per heavy atom. The fourth-order valence-electron chi connectivity index (χ4n) is 1.75. The lowest BCUT2D eigenvalue weighted by Crippen LogP contribution is -2.23. The Kier molecular flexibility index (Phi) is 2.71. The highest BCUT2D eigenvalue weighted by Gasteiger charge is 2.21. The molecule has 1 unspecified atom stereocenters. The Balaban J connectivity index is 2.24. The SMILES string of the molecule is CC(=CF)C1CCc2cc(F)ccc2O1. The van der Waals surface area contributed by atoms with Gasteiger partial charge in [0, 0.05) is 0 Å². The van der Waals surface area contributed by atoms with Gasteiger partial charge in [0.15, 0.2) is 0 Å². The topological polar surface area (TPSA) is 9.23 Å². The highest BCUT2D eigenvalue weighted by Crippen LogP contribution is 2.30. The van der Waals surface area contributed by atoms with Gasteiger partial charge in [-0.15, -0.1) is 0 Å². The summed E-state index contributed by atoms with van der Waals surface area (Å²) in [5.41, 5.74) is 1.43. The van der Waals surface area contributed by atoms with E-state index in [1.54, 1.807) is 13.0 Å². The molecule has 0 spiro atoms. The van der Waals surface area contributed by atoms with E-state index in [4.69, 9.17) is 4.74 Å². The number of hydrogen-bond acceptors (Lipinski definition) is 1. The van der Waals surface area contributed by atoms with E-state index in [9.17, 15) is 8.78 Å². The molecule has 0 bridgehead atoms. The maximum Gasteiger partial charge on any atom is 0.123 e. The van der Waals surface area contributed by atoms with Gasteiger partial charge in [-0.25, -0.2) is 8.78 Å². The molecule has 1 heterocycles. The molecule has 1 aromatic rings. The highest BCUT2D eigenvalue weighted by atomic mass is 19.1. The molecule has 0 aliphatic carbocycles. The van der Waals surface area contributed by atoms with Gasteiger partial charge in [-0.05, 0) is 49.1 Å². The minimum Gasteiger partial charge on any atom is -0.486 e. The first-order valence-electron chi connectivity index (χ1n) is 4.92. The third-order valence-electron chi connectivity index (χ3n) is 2.65. The fourth-order valence-corrected chi connectivity index (χ4v) is 1.75. The summed E-state index contributed by atoms with van der Waals surface area (Å²) >= 11 is 0. The van der Waals surface area contributed by atoms with Crippen LogP contribution in [0.25, 0.3) is 0 Å². The number of hydrogen-bond donors (Lipinski definition) is 0. The van der Waals surface area contributed by atoms with E-state index in [0.29, 0.717) is 24.1 Å². The average Bonchev–Trinajstić information content (AvgIpc) is 2.27. The minimum absolute atomic E-state index is 0.215. The Morgan fingerprint density at radius 2 is 2.33 bits per heavy atom. The van der Waals surface area contributed by atoms with Crippen molar-refractivity contribution in [3.05, 3.63) is 41.5 Å². The van der Waals surface area contributed by atoms with E-state index in [2.05, 4.69) is 0 Å². The van der Waals surface area contributed by atoms with Crippen LogP contribution in [0.2, 0.25) is 0 Å². The molecule has 0 saturated carbocycles. The quantitative estimate of drug-likeness (QED) is 0.690. The number of rotatable bonds is 1. The molecule has 0 fully saturated rings. The van der Waals surface area contributed by atoms with Crippen molar-refractivity contribution in [2.45, 2.75) is 25.9 Å². The van der Waals surface area contributed by atoms with Crippen LogP contribution in [0.1, 0.15) is 18.9 Å². The molecule has 0 amide bonds. The third kappa shape index (κ3) is 2.01. The van der Waals surface area contributed by atoms with E-state index < -0.39 is 0 Å². The number of fused-ring (bicyclic) bond motifs is 1. The van der Waals surface area contributed by atoms with Gasteiger partial charge in [0.05, 0.1) is 6.33 Å². The summed E-state index contributed by atoms with van der Waals surface area (Å²) in [6, 6.07) is 4.43. The van der Waals surface area contributed by atoms with Crippen LogP contribution in [0.4, 0.5) is 8.78 Å². The van der Waals surface area contributed by atoms with E-state index >= 15 is 0 Å². The van der Waals surface area contributed by atoms with E-state index in [0.717, 1.165) is 12.0 Å². The summed E-state index contributed by atoms with van der Waals surface area (Å²) in [6.45, 7) is 1.69. The number of ether oxygens (including phenoxy) is 1. The molecule has 1 aliphatic rings. The van der Waals surface area contributed by atoms with Crippen molar-refractivity contribution in [1.29, 1.82) is 0 Å². The summed E-state index contributed by atoms with van der Waals surface area (Å²) in [6.07, 6.45) is 1.78. The molecule has 15 heavy (non-hydrogen) atoms. The van der Waals surface area contributed by atoms with Crippen molar-refractivity contribution in [2.75, 3.05) is 0 Å². The maximum absolute atomic E-state index is 12.9. The van der Waals surface area contributed by atoms with Gasteiger partial charge in [-0.1, -0.05) is 0 Å². The van der Waals surface area contributed by atoms with Gasteiger partial charge < -0.3 is 4.74 Å². The Labute approximate surface area is 87.4 Å². The highest BCUT2D eigenvalue weighted by molar-refractivity contribution is 5.36. The van der Waals surface area contributed by atoms with Crippen LogP contribution in [0.3, 0.4) is 0 Å². The molecule has 1 aromatic carbocycles. The molecule has 2 rings (SSSR count). The van der Waals surface area contributed by atoms with Crippen LogP contribution in [0.5, 0.6) is 5.75 Å². The first-order valence-corrected chi connectivity index (χ1v) is 4.92. The predicted molar refractivity (Wildman–Crippen MR) is 54.0 cm³/mol. The van der Waals surface area contributed by atoms with Crippen LogP contribution >= 0.6 is 0 Å². The molecule has 0 aromatic heterocycles. The molecule has 3 heteroatoms. The summed E-state index contributed by atoms with van der Waals surface area (Å²) in [4.78, 5) is 0. The fraction of sp³-hybridized carbons (Fsp3) is 0.333. The van der Waals surface area contributed by atoms with Gasteiger partial charge >= 0.3 is 0 Å². The van der Waals surface area contributed by atoms with Crippen molar-refractivity contribution in [3.63, 3.8) is 0 Å². The second-order valence-electron chi connectivity index (χ2n) is 3.75. The summed E-state index contributed by atoms with van der Waals surface area (Å²) < 4.78 is 30.8. The Hall–Kier alpha value is -1.38. The van der Waals surface area contributed by atoms with Gasteiger partial charge in [0.1, 0.15) is 17.7 Å². The van der Waals surface area contributed by atoms with E-state index in [1.807, 2.05) is 0 Å². The van der Waals surface area contributed by atoms with Crippen molar-refractivity contribution >= 4 is 0 Å². The second-order valence-corrected chi connectivity index (χ2v) is 3.75. The number of aryl methyl sites for hydroxylation is 1. The number of halogens is 2. The standard InChI is InChI=1S/C12H12F2O/c1-8(7-13)11-4-2-9-6-10(14)3-5-12(9)15-11/h3,5-7,11H,2,4H2,1H3. The molecule has 1 nitrogen and oxygen atoms in total. The van der Waals surface area contributed by atoms with Crippen molar-refractivity contribution in [2.24, 2.45) is 0 Å². The second kappa shape index (κ2) is 4.01. The predicted octanol–water partition coefficient (Wildman–Crippen LogP) is 3.39. The van der Waals surface area contributed by atoms with Crippen LogP contribution in [0.15, 0.2) is 30.1 Å². The molecular formula is C12H12F2O. The van der Waals surface area contributed by atoms with E-state index in [1.165, 1.54) is 12.1 Å². The monoisotopic (exact) mass is 210 g/mol. The number of benzene rings is 1. The zero-order chi connectivity index (χ0) is 10.8. The van der Waals surface area contributed by atoms with Gasteiger partial charge in [-0.2, -0.15) is 0 Å². The molecular weight excluding hydrogens is 198 g/mol. The molecule has 0 N–H and O–H groups in total. The molecule has 0 saturated heterocycles. The molecule has 1 atom stereocenters. The lowest BCUT2D eigenvalue weighted by Gasteiger charge is -2.26. The Bertz CT molecular complexity index is 399. The summed E-state index contributed by atoms with van der Waals surface area (Å²) in [5, 5.41) is 0. The van der Waals surface area contributed by atoms with Crippen molar-refractivity contribution < 1.29 is 13.5 Å². The molecule has 0 radical (unpaired) electrons. The lowest BCUT2D eigenvalue weighted by atomic mass is 9.99. The van der Waals surface area contributed by atoms with Crippen LogP contribution < -0.4 is 4.74 Å². The van der Waals surface area contributed by atoms with Gasteiger partial charge in [-0.3, -0.25) is 0 Å². The zero-order valence-electron chi connectivity index (χ0n) is 8.47. The molecule has 1 aliphatic heterocycles. The normalized spacial score (nSPS) is 20.7. The summed E-state index contributed by atoms with van der Waals surface area (Å²) in [5.74, 6) is 0.405. The van der Waals surface area contributed by atoms with Crippen LogP contribution in [-0.4, -0.2) is 6.10 Å². The van der Waals surface area contributed by atoms with Crippen LogP contribution in [0, 0.1) is 5.82 Å². The first kappa shape index (κ1) is 10.1. The van der Waals surface area contributed by atoms with Gasteiger partial charge in [0.2, 0.25) is 0 Å². The smallest absolute Gasteiger partial charge is 0.123 e.